The van der Waals surface area contributed by atoms with Gasteiger partial charge in [0.1, 0.15) is 48.8 Å². The normalized spacial score (nSPS) is 26.0. The second-order valence-corrected chi connectivity index (χ2v) is 20.3. The molecule has 74 heavy (non-hydrogen) atoms. The first-order valence-electron chi connectivity index (χ1n) is 25.3. The predicted octanol–water partition coefficient (Wildman–Crippen LogP) is 11.8. The van der Waals surface area contributed by atoms with Crippen molar-refractivity contribution in [3.63, 3.8) is 0 Å². The fourth-order valence-corrected chi connectivity index (χ4v) is 10.6. The minimum absolute atomic E-state index is 0.0858. The number of fused-ring (bicyclic) bond motifs is 1. The number of rotatable bonds is 25. The maximum atomic E-state index is 7.54. The van der Waals surface area contributed by atoms with Crippen molar-refractivity contribution in [2.45, 2.75) is 111 Å². The molecule has 384 valence electrons. The lowest BCUT2D eigenvalue weighted by Gasteiger charge is -2.49. The molecular formula is C62H62Cl2O10. The summed E-state index contributed by atoms with van der Waals surface area (Å²) in [6.07, 6.45) is -7.78. The highest BCUT2D eigenvalue weighted by molar-refractivity contribution is 6.53. The summed E-state index contributed by atoms with van der Waals surface area (Å²) in [5.41, 5.74) is 5.37. The molecule has 12 heteroatoms. The van der Waals surface area contributed by atoms with E-state index in [4.69, 9.17) is 70.6 Å². The molecule has 7 aromatic carbocycles. The third kappa shape index (κ3) is 12.9. The van der Waals surface area contributed by atoms with Gasteiger partial charge in [-0.25, -0.2) is 0 Å². The Morgan fingerprint density at radius 2 is 0.689 bits per heavy atom. The van der Waals surface area contributed by atoms with Gasteiger partial charge in [0.15, 0.2) is 16.2 Å². The van der Waals surface area contributed by atoms with Gasteiger partial charge in [-0.1, -0.05) is 236 Å². The number of halogens is 2. The molecule has 7 aromatic rings. The van der Waals surface area contributed by atoms with Crippen molar-refractivity contribution in [1.29, 1.82) is 0 Å². The molecule has 0 radical (unpaired) electrons. The summed E-state index contributed by atoms with van der Waals surface area (Å²) in [5, 5.41) is 0. The first-order chi connectivity index (χ1) is 36.4. The average molecular weight is 1040 g/mol. The number of ether oxygens (including phenoxy) is 10. The molecule has 0 aromatic heterocycles. The predicted molar refractivity (Wildman–Crippen MR) is 283 cm³/mol. The molecule has 10 rings (SSSR count). The summed E-state index contributed by atoms with van der Waals surface area (Å²) in [4.78, 5) is 0. The number of hydrogen-bond donors (Lipinski definition) is 0. The number of hydrogen-bond acceptors (Lipinski definition) is 10. The molecule has 3 aliphatic rings. The van der Waals surface area contributed by atoms with Crippen LogP contribution >= 0.6 is 23.2 Å². The highest BCUT2D eigenvalue weighted by Gasteiger charge is 2.86. The quantitative estimate of drug-likeness (QED) is 0.0515. The fraction of sp³-hybridized carbons (Fsp3) is 0.323. The van der Waals surface area contributed by atoms with Crippen LogP contribution in [0.5, 0.6) is 0 Å². The van der Waals surface area contributed by atoms with Crippen molar-refractivity contribution in [2.75, 3.05) is 13.2 Å². The highest BCUT2D eigenvalue weighted by Crippen LogP contribution is 2.67. The minimum atomic E-state index is -1.55. The monoisotopic (exact) mass is 1040 g/mol. The summed E-state index contributed by atoms with van der Waals surface area (Å²) in [5.74, 6) is 0. The topological polar surface area (TPSA) is 92.3 Å². The van der Waals surface area contributed by atoms with E-state index < -0.39 is 65.1 Å². The summed E-state index contributed by atoms with van der Waals surface area (Å²) < 4.78 is 68.6. The van der Waals surface area contributed by atoms with Crippen molar-refractivity contribution in [3.8, 4) is 0 Å². The summed E-state index contributed by atoms with van der Waals surface area (Å²) in [7, 11) is 0. The Hall–Kier alpha value is -5.28. The van der Waals surface area contributed by atoms with E-state index in [2.05, 4.69) is 0 Å². The lowest BCUT2D eigenvalue weighted by atomic mass is 9.95. The molecule has 10 nitrogen and oxygen atoms in total. The van der Waals surface area contributed by atoms with Crippen LogP contribution in [0.3, 0.4) is 0 Å². The zero-order valence-electron chi connectivity index (χ0n) is 41.1. The van der Waals surface area contributed by atoms with Gasteiger partial charge in [0.05, 0.1) is 59.5 Å². The molecular weight excluding hydrogens is 976 g/mol. The van der Waals surface area contributed by atoms with Crippen LogP contribution in [-0.4, -0.2) is 78.3 Å². The van der Waals surface area contributed by atoms with Crippen LogP contribution in [0.25, 0.3) is 0 Å². The molecule has 2 heterocycles. The van der Waals surface area contributed by atoms with Crippen molar-refractivity contribution < 1.29 is 47.4 Å². The molecule has 0 spiro atoms. The van der Waals surface area contributed by atoms with Crippen LogP contribution in [-0.2, 0) is 93.6 Å². The van der Waals surface area contributed by atoms with Gasteiger partial charge in [0, 0.05) is 0 Å². The van der Waals surface area contributed by atoms with Crippen LogP contribution in [0.15, 0.2) is 212 Å². The van der Waals surface area contributed by atoms with Crippen LogP contribution in [0.4, 0.5) is 0 Å². The molecule has 2 aliphatic heterocycles. The molecule has 0 unspecified atom stereocenters. The maximum absolute atomic E-state index is 7.54. The van der Waals surface area contributed by atoms with Crippen molar-refractivity contribution in [2.24, 2.45) is 0 Å². The average Bonchev–Trinajstić information content (AvgIpc) is 4.09. The van der Waals surface area contributed by atoms with E-state index in [1.54, 1.807) is 0 Å². The molecule has 1 saturated carbocycles. The van der Waals surface area contributed by atoms with E-state index in [1.807, 2.05) is 212 Å². The van der Waals surface area contributed by atoms with E-state index in [0.717, 1.165) is 38.9 Å². The van der Waals surface area contributed by atoms with Crippen molar-refractivity contribution in [1.82, 2.24) is 0 Å². The first-order valence-corrected chi connectivity index (χ1v) is 26.1. The van der Waals surface area contributed by atoms with Gasteiger partial charge in [-0.15, -0.1) is 0 Å². The van der Waals surface area contributed by atoms with Crippen LogP contribution in [0, 0.1) is 0 Å². The van der Waals surface area contributed by atoms with E-state index >= 15 is 0 Å². The molecule has 10 atom stereocenters. The van der Waals surface area contributed by atoms with E-state index in [0.29, 0.717) is 13.2 Å². The van der Waals surface area contributed by atoms with Crippen LogP contribution in [0.1, 0.15) is 38.9 Å². The lowest BCUT2D eigenvalue weighted by molar-refractivity contribution is -0.359. The molecule has 2 saturated heterocycles. The third-order valence-electron chi connectivity index (χ3n) is 13.7. The van der Waals surface area contributed by atoms with Crippen molar-refractivity contribution in [3.05, 3.63) is 251 Å². The second-order valence-electron chi connectivity index (χ2n) is 18.9. The second kappa shape index (κ2) is 25.5. The largest absolute Gasteiger partial charge is 0.374 e. The number of alkyl halides is 2. The lowest BCUT2D eigenvalue weighted by Crippen LogP contribution is -2.65. The third-order valence-corrected chi connectivity index (χ3v) is 14.7. The SMILES string of the molecule is ClC1(Cl)[C@H]2O[C@H](COCc3ccccc3)[C@@H](O[C@@H]3O[C@H](COCc4ccccc4)[C@H](OCc4ccccc4)[C@H](OCc4ccccc4)[C@H]3OCc3ccccc3)[C@H](OCc3ccccc3)[C@]21OCc1ccccc1. The summed E-state index contributed by atoms with van der Waals surface area (Å²) in [6.45, 7) is 1.95. The standard InChI is InChI=1S/C62H62Cl2O10/c63-62(64)60-61(62,71-42-51-34-20-7-21-35-51)58(70-41-50-32-18-6-19-33-50)55(53(73-60)44-66-37-46-24-10-2-11-25-46)74-59-57(69-40-49-30-16-5-17-31-49)56(68-39-48-28-14-4-15-29-48)54(67-38-47-26-12-3-13-27-47)52(72-59)43-65-36-45-22-8-1-9-23-45/h1-35,52-60H,36-44H2/t52-,53-,54+,55-,56+,57-,58+,59+,60+,61+/m1/s1. The van der Waals surface area contributed by atoms with Crippen LogP contribution in [0.2, 0.25) is 0 Å². The van der Waals surface area contributed by atoms with Gasteiger partial charge in [0.2, 0.25) is 0 Å². The van der Waals surface area contributed by atoms with Gasteiger partial charge < -0.3 is 47.4 Å². The zero-order chi connectivity index (χ0) is 50.4. The Labute approximate surface area is 444 Å². The van der Waals surface area contributed by atoms with Gasteiger partial charge in [0.25, 0.3) is 0 Å². The van der Waals surface area contributed by atoms with Crippen LogP contribution < -0.4 is 0 Å². The molecule has 0 bridgehead atoms. The Morgan fingerprint density at radius 3 is 1.11 bits per heavy atom. The Kier molecular flexibility index (Phi) is 18.0. The fourth-order valence-electron chi connectivity index (χ4n) is 9.77. The molecule has 0 amide bonds. The van der Waals surface area contributed by atoms with Gasteiger partial charge in [-0.3, -0.25) is 0 Å². The highest BCUT2D eigenvalue weighted by atomic mass is 35.5. The Bertz CT molecular complexity index is 2710. The van der Waals surface area contributed by atoms with E-state index in [-0.39, 0.29) is 46.2 Å². The van der Waals surface area contributed by atoms with Gasteiger partial charge in [-0.05, 0) is 38.9 Å². The van der Waals surface area contributed by atoms with Gasteiger partial charge >= 0.3 is 0 Å². The van der Waals surface area contributed by atoms with Crippen molar-refractivity contribution >= 4 is 23.2 Å². The first kappa shape index (κ1) is 52.2. The van der Waals surface area contributed by atoms with E-state index in [9.17, 15) is 0 Å². The minimum Gasteiger partial charge on any atom is -0.374 e. The molecule has 0 N–H and O–H groups in total. The van der Waals surface area contributed by atoms with Gasteiger partial charge in [-0.2, -0.15) is 0 Å². The Balaban J connectivity index is 1.05. The summed E-state index contributed by atoms with van der Waals surface area (Å²) in [6, 6.07) is 69.9. The maximum Gasteiger partial charge on any atom is 0.187 e. The molecule has 3 fully saturated rings. The smallest absolute Gasteiger partial charge is 0.187 e. The van der Waals surface area contributed by atoms with E-state index in [1.165, 1.54) is 0 Å². The zero-order valence-corrected chi connectivity index (χ0v) is 42.6. The summed E-state index contributed by atoms with van der Waals surface area (Å²) >= 11 is 14.9. The number of benzene rings is 7. The Morgan fingerprint density at radius 1 is 0.351 bits per heavy atom. The molecule has 1 aliphatic carbocycles.